The molecule has 0 radical (unpaired) electrons. The van der Waals surface area contributed by atoms with Crippen LogP contribution in [0.5, 0.6) is 0 Å². The monoisotopic (exact) mass is 323 g/mol. The molecule has 108 valence electrons. The summed E-state index contributed by atoms with van der Waals surface area (Å²) in [7, 11) is -1.59. The number of carbonyl (C=O) groups is 1. The summed E-state index contributed by atoms with van der Waals surface area (Å²) >= 11 is 5.92. The third-order valence-electron chi connectivity index (χ3n) is 2.72. The standard InChI is InChI=1S/C14H10ClNO4S/c15-12-6-1-2-7-14(12)21(20)9-13(17)10-4-3-5-11(8-10)16(18)19/h1-8H,9H2. The lowest BCUT2D eigenvalue weighted by Crippen LogP contribution is -2.11. The Bertz CT molecular complexity index is 732. The van der Waals surface area contributed by atoms with Gasteiger partial charge in [0.2, 0.25) is 0 Å². The Balaban J connectivity index is 2.19. The molecule has 0 heterocycles. The molecule has 0 N–H and O–H groups in total. The normalized spacial score (nSPS) is 11.9. The molecular weight excluding hydrogens is 314 g/mol. The molecule has 5 nitrogen and oxygen atoms in total. The highest BCUT2D eigenvalue weighted by Gasteiger charge is 2.16. The van der Waals surface area contributed by atoms with E-state index in [0.29, 0.717) is 9.92 Å². The van der Waals surface area contributed by atoms with Gasteiger partial charge in [0.05, 0.1) is 31.4 Å². The van der Waals surface area contributed by atoms with Crippen molar-refractivity contribution in [3.05, 3.63) is 69.2 Å². The summed E-state index contributed by atoms with van der Waals surface area (Å²) in [4.78, 5) is 22.5. The van der Waals surface area contributed by atoms with Crippen LogP contribution in [0, 0.1) is 10.1 Å². The highest BCUT2D eigenvalue weighted by Crippen LogP contribution is 2.20. The van der Waals surface area contributed by atoms with Crippen LogP contribution in [-0.4, -0.2) is 20.7 Å². The highest BCUT2D eigenvalue weighted by atomic mass is 35.5. The minimum atomic E-state index is -1.59. The Labute approximate surface area is 128 Å². The molecule has 0 aliphatic rings. The number of benzene rings is 2. The van der Waals surface area contributed by atoms with Gasteiger partial charge in [-0.25, -0.2) is 0 Å². The fraction of sp³-hybridized carbons (Fsp3) is 0.0714. The second-order valence-electron chi connectivity index (χ2n) is 4.15. The summed E-state index contributed by atoms with van der Waals surface area (Å²) in [6.07, 6.45) is 0. The summed E-state index contributed by atoms with van der Waals surface area (Å²) < 4.78 is 12.1. The zero-order valence-electron chi connectivity index (χ0n) is 10.7. The number of non-ortho nitro benzene ring substituents is 1. The number of hydrogen-bond acceptors (Lipinski definition) is 4. The minimum absolute atomic E-state index is 0.157. The van der Waals surface area contributed by atoms with Gasteiger partial charge in [0.1, 0.15) is 0 Å². The predicted octanol–water partition coefficient (Wildman–Crippen LogP) is 3.24. The number of rotatable bonds is 5. The van der Waals surface area contributed by atoms with Gasteiger partial charge in [-0.05, 0) is 12.1 Å². The van der Waals surface area contributed by atoms with Gasteiger partial charge in [0, 0.05) is 17.7 Å². The molecule has 0 bridgehead atoms. The number of Topliss-reactive ketones (excluding diaryl/α,β-unsaturated/α-hetero) is 1. The van der Waals surface area contributed by atoms with E-state index in [9.17, 15) is 19.1 Å². The van der Waals surface area contributed by atoms with E-state index in [4.69, 9.17) is 11.6 Å². The number of nitro benzene ring substituents is 1. The lowest BCUT2D eigenvalue weighted by atomic mass is 10.1. The van der Waals surface area contributed by atoms with E-state index < -0.39 is 21.5 Å². The molecule has 2 rings (SSSR count). The molecule has 0 fully saturated rings. The number of ketones is 1. The molecule has 0 aliphatic carbocycles. The zero-order valence-corrected chi connectivity index (χ0v) is 12.3. The molecule has 2 aromatic rings. The fourth-order valence-electron chi connectivity index (χ4n) is 1.70. The van der Waals surface area contributed by atoms with E-state index >= 15 is 0 Å². The quantitative estimate of drug-likeness (QED) is 0.481. The molecule has 21 heavy (non-hydrogen) atoms. The highest BCUT2D eigenvalue weighted by molar-refractivity contribution is 7.86. The van der Waals surface area contributed by atoms with Crippen LogP contribution in [0.3, 0.4) is 0 Å². The van der Waals surface area contributed by atoms with Gasteiger partial charge in [-0.15, -0.1) is 0 Å². The Kier molecular flexibility index (Phi) is 4.82. The number of carbonyl (C=O) groups excluding carboxylic acids is 1. The van der Waals surface area contributed by atoms with Crippen molar-refractivity contribution in [1.82, 2.24) is 0 Å². The smallest absolute Gasteiger partial charge is 0.270 e. The summed E-state index contributed by atoms with van der Waals surface area (Å²) in [5.41, 5.74) is -0.0195. The largest absolute Gasteiger partial charge is 0.293 e. The van der Waals surface area contributed by atoms with Crippen LogP contribution in [0.25, 0.3) is 0 Å². The molecule has 0 aliphatic heterocycles. The first-order chi connectivity index (χ1) is 9.99. The Morgan fingerprint density at radius 3 is 2.57 bits per heavy atom. The number of nitro groups is 1. The van der Waals surface area contributed by atoms with Gasteiger partial charge >= 0.3 is 0 Å². The van der Waals surface area contributed by atoms with Crippen LogP contribution in [0.1, 0.15) is 10.4 Å². The molecular formula is C14H10ClNO4S. The Morgan fingerprint density at radius 2 is 1.90 bits per heavy atom. The first-order valence-electron chi connectivity index (χ1n) is 5.89. The topological polar surface area (TPSA) is 77.3 Å². The molecule has 7 heteroatoms. The maximum absolute atomic E-state index is 12.1. The maximum atomic E-state index is 12.1. The van der Waals surface area contributed by atoms with Crippen LogP contribution >= 0.6 is 11.6 Å². The van der Waals surface area contributed by atoms with Crippen LogP contribution in [0.4, 0.5) is 5.69 Å². The zero-order chi connectivity index (χ0) is 15.4. The second kappa shape index (κ2) is 6.60. The van der Waals surface area contributed by atoms with Crippen LogP contribution < -0.4 is 0 Å². The van der Waals surface area contributed by atoms with E-state index in [1.54, 1.807) is 24.3 Å². The molecule has 0 saturated heterocycles. The van der Waals surface area contributed by atoms with Gasteiger partial charge in [-0.3, -0.25) is 19.1 Å². The lowest BCUT2D eigenvalue weighted by molar-refractivity contribution is -0.384. The first kappa shape index (κ1) is 15.3. The van der Waals surface area contributed by atoms with E-state index in [2.05, 4.69) is 0 Å². The minimum Gasteiger partial charge on any atom is -0.293 e. The molecule has 0 saturated carbocycles. The predicted molar refractivity (Wildman–Crippen MR) is 80.2 cm³/mol. The summed E-state index contributed by atoms with van der Waals surface area (Å²) in [6, 6.07) is 11.9. The summed E-state index contributed by atoms with van der Waals surface area (Å²) in [5.74, 6) is -0.706. The molecule has 0 aromatic heterocycles. The van der Waals surface area contributed by atoms with E-state index in [1.165, 1.54) is 24.3 Å². The average Bonchev–Trinajstić information content (AvgIpc) is 2.47. The summed E-state index contributed by atoms with van der Waals surface area (Å²) in [6.45, 7) is 0. The van der Waals surface area contributed by atoms with Gasteiger partial charge < -0.3 is 0 Å². The van der Waals surface area contributed by atoms with Crippen LogP contribution in [0.15, 0.2) is 53.4 Å². The van der Waals surface area contributed by atoms with Crippen molar-refractivity contribution in [3.63, 3.8) is 0 Å². The molecule has 1 unspecified atom stereocenters. The number of hydrogen-bond donors (Lipinski definition) is 0. The van der Waals surface area contributed by atoms with Crippen molar-refractivity contribution in [2.45, 2.75) is 4.90 Å². The van der Waals surface area contributed by atoms with Crippen molar-refractivity contribution < 1.29 is 13.9 Å². The third kappa shape index (κ3) is 3.74. The average molecular weight is 324 g/mol. The van der Waals surface area contributed by atoms with Gasteiger partial charge in [-0.2, -0.15) is 0 Å². The van der Waals surface area contributed by atoms with Gasteiger partial charge in [0.25, 0.3) is 5.69 Å². The Morgan fingerprint density at radius 1 is 1.19 bits per heavy atom. The molecule has 0 spiro atoms. The molecule has 1 atom stereocenters. The van der Waals surface area contributed by atoms with Crippen LogP contribution in [0.2, 0.25) is 5.02 Å². The maximum Gasteiger partial charge on any atom is 0.270 e. The lowest BCUT2D eigenvalue weighted by Gasteiger charge is -2.04. The van der Waals surface area contributed by atoms with Crippen molar-refractivity contribution >= 4 is 33.9 Å². The fourth-order valence-corrected chi connectivity index (χ4v) is 3.17. The number of nitrogens with zero attached hydrogens (tertiary/aromatic N) is 1. The van der Waals surface area contributed by atoms with Crippen molar-refractivity contribution in [1.29, 1.82) is 0 Å². The summed E-state index contributed by atoms with van der Waals surface area (Å²) in [5, 5.41) is 11.0. The van der Waals surface area contributed by atoms with E-state index in [-0.39, 0.29) is 17.0 Å². The van der Waals surface area contributed by atoms with Crippen molar-refractivity contribution in [3.8, 4) is 0 Å². The Hall–Kier alpha value is -2.05. The van der Waals surface area contributed by atoms with Crippen LogP contribution in [-0.2, 0) is 10.8 Å². The van der Waals surface area contributed by atoms with E-state index in [0.717, 1.165) is 0 Å². The van der Waals surface area contributed by atoms with Crippen molar-refractivity contribution in [2.75, 3.05) is 5.75 Å². The first-order valence-corrected chi connectivity index (χ1v) is 7.59. The van der Waals surface area contributed by atoms with Gasteiger partial charge in [-0.1, -0.05) is 35.9 Å². The van der Waals surface area contributed by atoms with E-state index in [1.807, 2.05) is 0 Å². The van der Waals surface area contributed by atoms with Crippen molar-refractivity contribution in [2.24, 2.45) is 0 Å². The van der Waals surface area contributed by atoms with Gasteiger partial charge in [0.15, 0.2) is 5.78 Å². The number of halogens is 1. The molecule has 2 aromatic carbocycles. The molecule has 0 amide bonds. The second-order valence-corrected chi connectivity index (χ2v) is 5.98. The third-order valence-corrected chi connectivity index (χ3v) is 4.54. The SMILES string of the molecule is O=C(CS(=O)c1ccccc1Cl)c1cccc([N+](=O)[O-])c1.